The molecule has 0 aliphatic rings. The summed E-state index contributed by atoms with van der Waals surface area (Å²) in [5, 5.41) is 0.438. The van der Waals surface area contributed by atoms with E-state index in [9.17, 15) is 9.59 Å². The van der Waals surface area contributed by atoms with Crippen molar-refractivity contribution in [2.24, 2.45) is 5.73 Å². The lowest BCUT2D eigenvalue weighted by Crippen LogP contribution is -2.39. The van der Waals surface area contributed by atoms with E-state index in [0.29, 0.717) is 10.7 Å². The lowest BCUT2D eigenvalue weighted by atomic mass is 10.2. The van der Waals surface area contributed by atoms with Gasteiger partial charge in [-0.1, -0.05) is 41.9 Å². The number of primary amides is 1. The third-order valence-electron chi connectivity index (χ3n) is 2.89. The van der Waals surface area contributed by atoms with Crippen molar-refractivity contribution in [3.63, 3.8) is 0 Å². The highest BCUT2D eigenvalue weighted by Crippen LogP contribution is 2.16. The average molecular weight is 304 g/mol. The molecule has 0 atom stereocenters. The number of aromatic nitrogens is 1. The molecule has 6 heteroatoms. The number of pyridine rings is 1. The smallest absolute Gasteiger partial charge is 0.312 e. The average Bonchev–Trinajstić information content (AvgIpc) is 2.49. The topological polar surface area (TPSA) is 76.3 Å². The number of amides is 2. The molecule has 1 aromatic heterocycles. The molecule has 5 nitrogen and oxygen atoms in total. The molecule has 21 heavy (non-hydrogen) atoms. The van der Waals surface area contributed by atoms with E-state index in [-0.39, 0.29) is 13.1 Å². The minimum atomic E-state index is -1.00. The highest BCUT2D eigenvalue weighted by atomic mass is 35.5. The molecular formula is C15H14ClN3O2. The van der Waals surface area contributed by atoms with Gasteiger partial charge in [-0.05, 0) is 17.7 Å². The van der Waals surface area contributed by atoms with Gasteiger partial charge in [-0.15, -0.1) is 0 Å². The molecule has 0 saturated heterocycles. The van der Waals surface area contributed by atoms with Crippen LogP contribution in [0.15, 0.2) is 48.7 Å². The van der Waals surface area contributed by atoms with Crippen LogP contribution in [0.3, 0.4) is 0 Å². The van der Waals surface area contributed by atoms with Gasteiger partial charge in [0.1, 0.15) is 0 Å². The fraction of sp³-hybridized carbons (Fsp3) is 0.133. The number of nitrogens with two attached hydrogens (primary N) is 1. The van der Waals surface area contributed by atoms with E-state index in [0.717, 1.165) is 5.56 Å². The van der Waals surface area contributed by atoms with Crippen molar-refractivity contribution in [2.75, 3.05) is 0 Å². The van der Waals surface area contributed by atoms with Crippen LogP contribution in [0.4, 0.5) is 0 Å². The molecule has 1 aromatic carbocycles. The standard InChI is InChI=1S/C15H14ClN3O2/c16-12-7-4-8-18-13(12)10-19(15(21)14(17)20)9-11-5-2-1-3-6-11/h1-8H,9-10H2,(H2,17,20). The molecule has 0 spiro atoms. The third-order valence-corrected chi connectivity index (χ3v) is 3.23. The summed E-state index contributed by atoms with van der Waals surface area (Å²) in [5.74, 6) is -1.77. The molecule has 2 amide bonds. The van der Waals surface area contributed by atoms with Crippen LogP contribution in [0.2, 0.25) is 5.02 Å². The predicted molar refractivity (Wildman–Crippen MR) is 79.1 cm³/mol. The van der Waals surface area contributed by atoms with Gasteiger partial charge in [0.15, 0.2) is 0 Å². The normalized spacial score (nSPS) is 10.1. The van der Waals surface area contributed by atoms with Crippen molar-refractivity contribution >= 4 is 23.4 Å². The Bertz CT molecular complexity index is 646. The second kappa shape index (κ2) is 6.85. The second-order valence-corrected chi connectivity index (χ2v) is 4.85. The molecule has 0 aliphatic carbocycles. The second-order valence-electron chi connectivity index (χ2n) is 4.44. The summed E-state index contributed by atoms with van der Waals surface area (Å²) in [4.78, 5) is 28.6. The summed E-state index contributed by atoms with van der Waals surface area (Å²) in [7, 11) is 0. The van der Waals surface area contributed by atoms with Crippen molar-refractivity contribution < 1.29 is 9.59 Å². The highest BCUT2D eigenvalue weighted by molar-refractivity contribution is 6.34. The number of rotatable bonds is 4. The Kier molecular flexibility index (Phi) is 4.90. The van der Waals surface area contributed by atoms with Gasteiger partial charge in [-0.2, -0.15) is 0 Å². The lowest BCUT2D eigenvalue weighted by molar-refractivity contribution is -0.145. The van der Waals surface area contributed by atoms with E-state index in [1.54, 1.807) is 18.3 Å². The molecule has 0 saturated carbocycles. The number of benzene rings is 1. The molecule has 108 valence electrons. The molecular weight excluding hydrogens is 290 g/mol. The van der Waals surface area contributed by atoms with Crippen LogP contribution in [0.1, 0.15) is 11.3 Å². The number of nitrogens with zero attached hydrogens (tertiary/aromatic N) is 2. The number of halogens is 1. The van der Waals surface area contributed by atoms with Crippen molar-refractivity contribution in [2.45, 2.75) is 13.1 Å². The van der Waals surface area contributed by atoms with Gasteiger partial charge in [-0.3, -0.25) is 14.6 Å². The maximum atomic E-state index is 11.9. The van der Waals surface area contributed by atoms with Crippen LogP contribution in [0.5, 0.6) is 0 Å². The Morgan fingerprint density at radius 3 is 2.43 bits per heavy atom. The minimum Gasteiger partial charge on any atom is -0.361 e. The van der Waals surface area contributed by atoms with Crippen LogP contribution < -0.4 is 5.73 Å². The summed E-state index contributed by atoms with van der Waals surface area (Å²) < 4.78 is 0. The summed E-state index contributed by atoms with van der Waals surface area (Å²) in [6, 6.07) is 12.7. The Balaban J connectivity index is 2.22. The monoisotopic (exact) mass is 303 g/mol. The fourth-order valence-corrected chi connectivity index (χ4v) is 2.06. The van der Waals surface area contributed by atoms with Crippen molar-refractivity contribution in [3.05, 3.63) is 64.9 Å². The first-order chi connectivity index (χ1) is 10.1. The maximum Gasteiger partial charge on any atom is 0.312 e. The molecule has 0 aliphatic heterocycles. The number of carbonyl (C=O) groups is 2. The van der Waals surface area contributed by atoms with E-state index in [1.807, 2.05) is 30.3 Å². The molecule has 2 aromatic rings. The van der Waals surface area contributed by atoms with Crippen molar-refractivity contribution in [3.8, 4) is 0 Å². The number of carbonyl (C=O) groups excluding carboxylic acids is 2. The van der Waals surface area contributed by atoms with Gasteiger partial charge in [0, 0.05) is 12.7 Å². The van der Waals surface area contributed by atoms with E-state index in [4.69, 9.17) is 17.3 Å². The summed E-state index contributed by atoms with van der Waals surface area (Å²) >= 11 is 6.04. The zero-order valence-corrected chi connectivity index (χ0v) is 12.0. The van der Waals surface area contributed by atoms with Crippen LogP contribution in [0, 0.1) is 0 Å². The number of hydrogen-bond acceptors (Lipinski definition) is 3. The maximum absolute atomic E-state index is 11.9. The molecule has 1 heterocycles. The Hall–Kier alpha value is -2.40. The highest BCUT2D eigenvalue weighted by Gasteiger charge is 2.21. The first-order valence-corrected chi connectivity index (χ1v) is 6.67. The zero-order chi connectivity index (χ0) is 15.2. The molecule has 2 rings (SSSR count). The molecule has 2 N–H and O–H groups in total. The van der Waals surface area contributed by atoms with Crippen LogP contribution in [-0.2, 0) is 22.7 Å². The predicted octanol–water partition coefficient (Wildman–Crippen LogP) is 1.75. The molecule has 0 radical (unpaired) electrons. The van der Waals surface area contributed by atoms with Crippen LogP contribution >= 0.6 is 11.6 Å². The fourth-order valence-electron chi connectivity index (χ4n) is 1.87. The van der Waals surface area contributed by atoms with Crippen molar-refractivity contribution in [1.82, 2.24) is 9.88 Å². The van der Waals surface area contributed by atoms with Crippen molar-refractivity contribution in [1.29, 1.82) is 0 Å². The van der Waals surface area contributed by atoms with Gasteiger partial charge >= 0.3 is 11.8 Å². The Labute approximate surface area is 127 Å². The zero-order valence-electron chi connectivity index (χ0n) is 11.2. The van der Waals surface area contributed by atoms with Gasteiger partial charge in [0.05, 0.1) is 17.3 Å². The van der Waals surface area contributed by atoms with Gasteiger partial charge in [0.2, 0.25) is 0 Å². The van der Waals surface area contributed by atoms with Gasteiger partial charge < -0.3 is 10.6 Å². The first kappa shape index (κ1) is 15.0. The largest absolute Gasteiger partial charge is 0.361 e. The van der Waals surface area contributed by atoms with E-state index < -0.39 is 11.8 Å². The molecule has 0 unspecified atom stereocenters. The lowest BCUT2D eigenvalue weighted by Gasteiger charge is -2.21. The van der Waals surface area contributed by atoms with Gasteiger partial charge in [-0.25, -0.2) is 0 Å². The first-order valence-electron chi connectivity index (χ1n) is 6.30. The summed E-state index contributed by atoms with van der Waals surface area (Å²) in [5.41, 5.74) is 6.51. The van der Waals surface area contributed by atoms with Crippen LogP contribution in [-0.4, -0.2) is 21.7 Å². The molecule has 0 fully saturated rings. The van der Waals surface area contributed by atoms with E-state index in [1.165, 1.54) is 4.90 Å². The quantitative estimate of drug-likeness (QED) is 0.874. The number of hydrogen-bond donors (Lipinski definition) is 1. The summed E-state index contributed by atoms with van der Waals surface area (Å²) in [6.07, 6.45) is 1.58. The molecule has 0 bridgehead atoms. The van der Waals surface area contributed by atoms with E-state index in [2.05, 4.69) is 4.98 Å². The minimum absolute atomic E-state index is 0.121. The van der Waals surface area contributed by atoms with E-state index >= 15 is 0 Å². The van der Waals surface area contributed by atoms with Gasteiger partial charge in [0.25, 0.3) is 0 Å². The third kappa shape index (κ3) is 4.03. The van der Waals surface area contributed by atoms with Crippen LogP contribution in [0.25, 0.3) is 0 Å². The SMILES string of the molecule is NC(=O)C(=O)N(Cc1ccccc1)Cc1ncccc1Cl. The Morgan fingerprint density at radius 2 is 1.81 bits per heavy atom. The Morgan fingerprint density at radius 1 is 1.10 bits per heavy atom. The summed E-state index contributed by atoms with van der Waals surface area (Å²) in [6.45, 7) is 0.381.